The van der Waals surface area contributed by atoms with Crippen LogP contribution in [0.15, 0.2) is 109 Å². The molecule has 176 valence electrons. The van der Waals surface area contributed by atoms with E-state index >= 15 is 0 Å². The molecule has 0 bridgehead atoms. The molecule has 1 aliphatic carbocycles. The Labute approximate surface area is 211 Å². The Morgan fingerprint density at radius 1 is 0.639 bits per heavy atom. The molecule has 6 aromatic rings. The largest absolute Gasteiger partial charge is 0.399 e. The summed E-state index contributed by atoms with van der Waals surface area (Å²) in [6.07, 6.45) is 1.11. The molecule has 1 unspecified atom stereocenters. The van der Waals surface area contributed by atoms with Crippen molar-refractivity contribution in [2.75, 3.05) is 11.5 Å². The Balaban J connectivity index is 0.000000137. The highest BCUT2D eigenvalue weighted by molar-refractivity contribution is 6.10. The van der Waals surface area contributed by atoms with Crippen LogP contribution < -0.4 is 17.2 Å². The molecule has 0 amide bonds. The maximum Gasteiger partial charge on any atom is 0.0474 e. The first-order valence-corrected chi connectivity index (χ1v) is 12.4. The minimum absolute atomic E-state index is 0.489. The molecule has 0 fully saturated rings. The fourth-order valence-corrected chi connectivity index (χ4v) is 5.54. The normalized spacial score (nSPS) is 14.2. The van der Waals surface area contributed by atoms with Crippen molar-refractivity contribution < 1.29 is 0 Å². The SMILES string of the molecule is NCc1ccc(C2Cc3cccc4cccc2c34)cc1.Nc1ccc2cc3ccccc3c(N)c2c1. The van der Waals surface area contributed by atoms with Crippen LogP contribution in [0.5, 0.6) is 0 Å². The molecule has 3 nitrogen and oxygen atoms in total. The van der Waals surface area contributed by atoms with Crippen LogP contribution in [0.3, 0.4) is 0 Å². The topological polar surface area (TPSA) is 78.1 Å². The summed E-state index contributed by atoms with van der Waals surface area (Å²) < 4.78 is 0. The summed E-state index contributed by atoms with van der Waals surface area (Å²) in [5.74, 6) is 0.489. The maximum atomic E-state index is 6.17. The first-order valence-electron chi connectivity index (χ1n) is 12.4. The van der Waals surface area contributed by atoms with Crippen LogP contribution in [0, 0.1) is 0 Å². The third-order valence-electron chi connectivity index (χ3n) is 7.37. The van der Waals surface area contributed by atoms with Gasteiger partial charge in [0.15, 0.2) is 0 Å². The van der Waals surface area contributed by atoms with E-state index in [1.54, 1.807) is 0 Å². The van der Waals surface area contributed by atoms with Gasteiger partial charge < -0.3 is 17.2 Å². The van der Waals surface area contributed by atoms with Crippen molar-refractivity contribution in [2.45, 2.75) is 18.9 Å². The number of nitrogen functional groups attached to an aromatic ring is 2. The van der Waals surface area contributed by atoms with Crippen molar-refractivity contribution in [3.63, 3.8) is 0 Å². The van der Waals surface area contributed by atoms with Crippen LogP contribution in [0.25, 0.3) is 32.3 Å². The molecule has 1 aliphatic rings. The molecule has 36 heavy (non-hydrogen) atoms. The Bertz CT molecular complexity index is 1710. The molecule has 0 aromatic heterocycles. The van der Waals surface area contributed by atoms with Gasteiger partial charge in [-0.25, -0.2) is 0 Å². The highest BCUT2D eigenvalue weighted by atomic mass is 14.6. The van der Waals surface area contributed by atoms with Gasteiger partial charge in [0, 0.05) is 34.6 Å². The van der Waals surface area contributed by atoms with Gasteiger partial charge in [-0.3, -0.25) is 0 Å². The number of hydrogen-bond acceptors (Lipinski definition) is 3. The Kier molecular flexibility index (Phi) is 5.55. The average molecular weight is 468 g/mol. The summed E-state index contributed by atoms with van der Waals surface area (Å²) in [5.41, 5.74) is 24.7. The molecular weight excluding hydrogens is 438 g/mol. The van der Waals surface area contributed by atoms with Crippen molar-refractivity contribution in [3.8, 4) is 0 Å². The van der Waals surface area contributed by atoms with Crippen molar-refractivity contribution in [1.29, 1.82) is 0 Å². The van der Waals surface area contributed by atoms with E-state index in [1.807, 2.05) is 36.4 Å². The molecule has 6 N–H and O–H groups in total. The predicted octanol–water partition coefficient (Wildman–Crippen LogP) is 7.14. The third kappa shape index (κ3) is 3.84. The summed E-state index contributed by atoms with van der Waals surface area (Å²) >= 11 is 0. The van der Waals surface area contributed by atoms with Crippen LogP contribution in [-0.4, -0.2) is 0 Å². The Hall–Kier alpha value is -4.34. The van der Waals surface area contributed by atoms with Crippen LogP contribution in [0.1, 0.15) is 28.2 Å². The van der Waals surface area contributed by atoms with Gasteiger partial charge in [0.2, 0.25) is 0 Å². The first-order chi connectivity index (χ1) is 17.6. The predicted molar refractivity (Wildman–Crippen MR) is 154 cm³/mol. The molecule has 0 radical (unpaired) electrons. The highest BCUT2D eigenvalue weighted by Gasteiger charge is 2.25. The lowest BCUT2D eigenvalue weighted by Crippen LogP contribution is -2.00. The smallest absolute Gasteiger partial charge is 0.0474 e. The summed E-state index contributed by atoms with van der Waals surface area (Å²) in [7, 11) is 0. The second-order valence-corrected chi connectivity index (χ2v) is 9.56. The van der Waals surface area contributed by atoms with Crippen molar-refractivity contribution >= 4 is 43.7 Å². The number of anilines is 2. The van der Waals surface area contributed by atoms with Crippen LogP contribution in [0.2, 0.25) is 0 Å². The molecule has 0 saturated heterocycles. The van der Waals surface area contributed by atoms with Gasteiger partial charge in [-0.2, -0.15) is 0 Å². The lowest BCUT2D eigenvalue weighted by atomic mass is 9.91. The van der Waals surface area contributed by atoms with Gasteiger partial charge in [-0.1, -0.05) is 91.0 Å². The Morgan fingerprint density at radius 3 is 2.17 bits per heavy atom. The average Bonchev–Trinajstić information content (AvgIpc) is 3.30. The minimum atomic E-state index is 0.489. The number of benzene rings is 6. The molecular formula is C33H29N3. The summed E-state index contributed by atoms with van der Waals surface area (Å²) in [5, 5.41) is 7.23. The van der Waals surface area contributed by atoms with E-state index in [0.717, 1.165) is 39.3 Å². The van der Waals surface area contributed by atoms with Crippen molar-refractivity contribution in [3.05, 3.63) is 131 Å². The second-order valence-electron chi connectivity index (χ2n) is 9.56. The molecule has 0 aliphatic heterocycles. The second kappa shape index (κ2) is 9.03. The van der Waals surface area contributed by atoms with Crippen molar-refractivity contribution in [2.24, 2.45) is 5.73 Å². The number of fused-ring (bicyclic) bond motifs is 2. The number of hydrogen-bond donors (Lipinski definition) is 3. The summed E-state index contributed by atoms with van der Waals surface area (Å²) in [4.78, 5) is 0. The standard InChI is InChI=1S/C19H17N.C14H12N2/c20-12-13-7-9-14(10-8-13)18-11-16-5-1-3-15-4-2-6-17(18)19(15)16;15-11-6-5-10-7-9-3-1-2-4-12(9)14(16)13(10)8-11/h1-10,18H,11-12,20H2;1-8H,15-16H2. The van der Waals surface area contributed by atoms with E-state index in [1.165, 1.54) is 33.0 Å². The zero-order valence-electron chi connectivity index (χ0n) is 20.1. The molecule has 0 spiro atoms. The fourth-order valence-electron chi connectivity index (χ4n) is 5.54. The Morgan fingerprint density at radius 2 is 1.36 bits per heavy atom. The van der Waals surface area contributed by atoms with Crippen molar-refractivity contribution in [1.82, 2.24) is 0 Å². The lowest BCUT2D eigenvalue weighted by molar-refractivity contribution is 0.846. The van der Waals surface area contributed by atoms with Gasteiger partial charge in [0.05, 0.1) is 0 Å². The fraction of sp³-hybridized carbons (Fsp3) is 0.0909. The quantitative estimate of drug-likeness (QED) is 0.187. The van der Waals surface area contributed by atoms with Gasteiger partial charge in [0.1, 0.15) is 0 Å². The van der Waals surface area contributed by atoms with E-state index in [-0.39, 0.29) is 0 Å². The number of rotatable bonds is 2. The maximum absolute atomic E-state index is 6.17. The molecule has 7 rings (SSSR count). The van der Waals surface area contributed by atoms with E-state index in [0.29, 0.717) is 12.5 Å². The molecule has 1 atom stereocenters. The van der Waals surface area contributed by atoms with E-state index in [9.17, 15) is 0 Å². The van der Waals surface area contributed by atoms with E-state index in [2.05, 4.69) is 72.8 Å². The lowest BCUT2D eigenvalue weighted by Gasteiger charge is -2.12. The summed E-state index contributed by atoms with van der Waals surface area (Å²) in [6.45, 7) is 0.612. The van der Waals surface area contributed by atoms with Gasteiger partial charge in [-0.05, 0) is 68.4 Å². The monoisotopic (exact) mass is 467 g/mol. The first kappa shape index (κ1) is 22.1. The van der Waals surface area contributed by atoms with E-state index < -0.39 is 0 Å². The summed E-state index contributed by atoms with van der Waals surface area (Å²) in [6, 6.07) is 38.2. The third-order valence-corrected chi connectivity index (χ3v) is 7.37. The van der Waals surface area contributed by atoms with E-state index in [4.69, 9.17) is 17.2 Å². The van der Waals surface area contributed by atoms with Gasteiger partial charge in [0.25, 0.3) is 0 Å². The zero-order chi connectivity index (χ0) is 24.6. The van der Waals surface area contributed by atoms with Crippen LogP contribution in [-0.2, 0) is 13.0 Å². The van der Waals surface area contributed by atoms with Crippen LogP contribution in [0.4, 0.5) is 11.4 Å². The zero-order valence-corrected chi connectivity index (χ0v) is 20.1. The molecule has 0 heterocycles. The van der Waals surface area contributed by atoms with Gasteiger partial charge in [-0.15, -0.1) is 0 Å². The van der Waals surface area contributed by atoms with Gasteiger partial charge >= 0.3 is 0 Å². The number of nitrogens with two attached hydrogens (primary N) is 3. The van der Waals surface area contributed by atoms with Crippen LogP contribution >= 0.6 is 0 Å². The molecule has 6 aromatic carbocycles. The minimum Gasteiger partial charge on any atom is -0.399 e. The molecule has 3 heteroatoms. The molecule has 0 saturated carbocycles. The highest BCUT2D eigenvalue weighted by Crippen LogP contribution is 2.41.